The highest BCUT2D eigenvalue weighted by molar-refractivity contribution is 7.79. The lowest BCUT2D eigenvalue weighted by molar-refractivity contribution is 0.00206. The van der Waals surface area contributed by atoms with Gasteiger partial charge in [0.1, 0.15) is 0 Å². The number of ether oxygens (including phenoxy) is 4. The van der Waals surface area contributed by atoms with Gasteiger partial charge in [0.15, 0.2) is 0 Å². The third kappa shape index (κ3) is 7.63. The van der Waals surface area contributed by atoms with Crippen LogP contribution < -0.4 is 20.8 Å². The molecule has 5 nitrogen and oxygen atoms in total. The van der Waals surface area contributed by atoms with Crippen LogP contribution in [0.4, 0.5) is 5.69 Å². The Labute approximate surface area is 204 Å². The fraction of sp³-hybridized carbons (Fsp3) is 0.357. The average Bonchev–Trinajstić information content (AvgIpc) is 2.90. The highest BCUT2D eigenvalue weighted by Crippen LogP contribution is 2.33. The molecule has 1 aliphatic heterocycles. The maximum absolute atomic E-state index is 5.79. The molecule has 1 saturated heterocycles. The van der Waals surface area contributed by atoms with E-state index in [-0.39, 0.29) is 0 Å². The van der Waals surface area contributed by atoms with E-state index in [1.165, 1.54) is 21.6 Å². The molecule has 0 bridgehead atoms. The van der Waals surface area contributed by atoms with Crippen LogP contribution in [-0.2, 0) is 18.9 Å². The highest BCUT2D eigenvalue weighted by Gasteiger charge is 2.17. The van der Waals surface area contributed by atoms with E-state index >= 15 is 0 Å². The molecule has 0 amide bonds. The molecule has 0 aliphatic carbocycles. The molecule has 1 aliphatic rings. The lowest BCUT2D eigenvalue weighted by atomic mass is 10.3. The van der Waals surface area contributed by atoms with E-state index in [1.54, 1.807) is 0 Å². The summed E-state index contributed by atoms with van der Waals surface area (Å²) in [4.78, 5) is 2.33. The quantitative estimate of drug-likeness (QED) is 0.537. The number of anilines is 1. The summed E-state index contributed by atoms with van der Waals surface area (Å²) < 4.78 is 22.6. The molecule has 0 aromatic heterocycles. The van der Waals surface area contributed by atoms with Gasteiger partial charge in [0, 0.05) is 18.8 Å². The summed E-state index contributed by atoms with van der Waals surface area (Å²) in [6.45, 7) is 6.51. The summed E-state index contributed by atoms with van der Waals surface area (Å²) in [5.41, 5.74) is 1.18. The molecule has 0 spiro atoms. The molecule has 3 aromatic rings. The standard InChI is InChI=1S/C28H34NO4P/c1-3-7-26(8-4-1)34(27-9-5-2-6-10-27)28-13-11-25(12-14-28)29-15-17-30-19-21-32-23-24-33-22-20-31-18-16-29/h1-14H,15-24H2. The maximum Gasteiger partial charge on any atom is 0.0701 e. The summed E-state index contributed by atoms with van der Waals surface area (Å²) in [5, 5.41) is 4.06. The summed E-state index contributed by atoms with van der Waals surface area (Å²) in [6.07, 6.45) is 0. The smallest absolute Gasteiger partial charge is 0.0701 e. The van der Waals surface area contributed by atoms with Crippen molar-refractivity contribution in [2.45, 2.75) is 0 Å². The first kappa shape index (κ1) is 24.8. The van der Waals surface area contributed by atoms with Crippen LogP contribution in [0.3, 0.4) is 0 Å². The largest absolute Gasteiger partial charge is 0.377 e. The van der Waals surface area contributed by atoms with Gasteiger partial charge in [-0.25, -0.2) is 0 Å². The van der Waals surface area contributed by atoms with Crippen molar-refractivity contribution in [3.05, 3.63) is 84.9 Å². The first-order valence-corrected chi connectivity index (χ1v) is 13.3. The van der Waals surface area contributed by atoms with Crippen molar-refractivity contribution in [3.63, 3.8) is 0 Å². The van der Waals surface area contributed by atoms with Crippen molar-refractivity contribution in [2.24, 2.45) is 0 Å². The van der Waals surface area contributed by atoms with Crippen molar-refractivity contribution >= 4 is 29.5 Å². The average molecular weight is 480 g/mol. The molecule has 0 atom stereocenters. The minimum atomic E-state index is -0.603. The van der Waals surface area contributed by atoms with Gasteiger partial charge in [-0.1, -0.05) is 72.8 Å². The second kappa shape index (κ2) is 14.2. The van der Waals surface area contributed by atoms with Crippen LogP contribution in [0.1, 0.15) is 0 Å². The molecule has 0 N–H and O–H groups in total. The fourth-order valence-corrected chi connectivity index (χ4v) is 6.18. The molecule has 3 aromatic carbocycles. The first-order valence-electron chi connectivity index (χ1n) is 12.0. The first-order chi connectivity index (χ1) is 16.9. The van der Waals surface area contributed by atoms with E-state index in [1.807, 2.05) is 0 Å². The van der Waals surface area contributed by atoms with E-state index in [9.17, 15) is 0 Å². The third-order valence-corrected chi connectivity index (χ3v) is 8.07. The van der Waals surface area contributed by atoms with Gasteiger partial charge < -0.3 is 23.8 Å². The Morgan fingerprint density at radius 2 is 0.824 bits per heavy atom. The van der Waals surface area contributed by atoms with Crippen LogP contribution in [0, 0.1) is 0 Å². The number of rotatable bonds is 4. The summed E-state index contributed by atoms with van der Waals surface area (Å²) >= 11 is 0. The topological polar surface area (TPSA) is 40.2 Å². The molecular formula is C28H34NO4P. The molecule has 0 saturated carbocycles. The lowest BCUT2D eigenvalue weighted by Gasteiger charge is -2.26. The van der Waals surface area contributed by atoms with Crippen LogP contribution in [-0.4, -0.2) is 65.9 Å². The van der Waals surface area contributed by atoms with Crippen LogP contribution in [0.2, 0.25) is 0 Å². The Morgan fingerprint density at radius 3 is 1.26 bits per heavy atom. The van der Waals surface area contributed by atoms with E-state index < -0.39 is 7.92 Å². The fourth-order valence-electron chi connectivity index (χ4n) is 3.90. The van der Waals surface area contributed by atoms with Crippen LogP contribution in [0.25, 0.3) is 0 Å². The number of hydrogen-bond acceptors (Lipinski definition) is 5. The van der Waals surface area contributed by atoms with Gasteiger partial charge in [-0.15, -0.1) is 0 Å². The normalized spacial score (nSPS) is 17.1. The molecular weight excluding hydrogens is 445 g/mol. The molecule has 1 heterocycles. The van der Waals surface area contributed by atoms with Gasteiger partial charge in [0.05, 0.1) is 52.9 Å². The molecule has 6 heteroatoms. The molecule has 180 valence electrons. The zero-order chi connectivity index (χ0) is 23.3. The number of nitrogens with zero attached hydrogens (tertiary/aromatic N) is 1. The molecule has 1 fully saturated rings. The molecule has 34 heavy (non-hydrogen) atoms. The molecule has 4 rings (SSSR count). The van der Waals surface area contributed by atoms with Gasteiger partial charge in [0.2, 0.25) is 0 Å². The van der Waals surface area contributed by atoms with Crippen LogP contribution in [0.5, 0.6) is 0 Å². The van der Waals surface area contributed by atoms with Crippen molar-refractivity contribution in [1.82, 2.24) is 0 Å². The molecule has 0 unspecified atom stereocenters. The van der Waals surface area contributed by atoms with Gasteiger partial charge >= 0.3 is 0 Å². The Hall–Kier alpha value is -2.27. The summed E-state index contributed by atoms with van der Waals surface area (Å²) in [5.74, 6) is 0. The van der Waals surface area contributed by atoms with E-state index in [2.05, 4.69) is 89.8 Å². The minimum absolute atomic E-state index is 0.594. The van der Waals surface area contributed by atoms with E-state index in [0.29, 0.717) is 52.9 Å². The van der Waals surface area contributed by atoms with Crippen molar-refractivity contribution in [3.8, 4) is 0 Å². The zero-order valence-electron chi connectivity index (χ0n) is 19.7. The van der Waals surface area contributed by atoms with E-state index in [0.717, 1.165) is 13.1 Å². The van der Waals surface area contributed by atoms with Crippen molar-refractivity contribution < 1.29 is 18.9 Å². The second-order valence-electron chi connectivity index (χ2n) is 7.96. The predicted molar refractivity (Wildman–Crippen MR) is 141 cm³/mol. The maximum atomic E-state index is 5.79. The number of hydrogen-bond donors (Lipinski definition) is 0. The second-order valence-corrected chi connectivity index (χ2v) is 10.2. The Kier molecular flexibility index (Phi) is 10.4. The minimum Gasteiger partial charge on any atom is -0.377 e. The van der Waals surface area contributed by atoms with Gasteiger partial charge in [-0.3, -0.25) is 0 Å². The Morgan fingerprint density at radius 1 is 0.441 bits per heavy atom. The number of benzene rings is 3. The highest BCUT2D eigenvalue weighted by atomic mass is 31.1. The predicted octanol–water partition coefficient (Wildman–Crippen LogP) is 3.33. The molecule has 0 radical (unpaired) electrons. The van der Waals surface area contributed by atoms with Gasteiger partial charge in [0.25, 0.3) is 0 Å². The van der Waals surface area contributed by atoms with Gasteiger partial charge in [-0.05, 0) is 36.0 Å². The monoisotopic (exact) mass is 479 g/mol. The zero-order valence-corrected chi connectivity index (χ0v) is 20.6. The summed E-state index contributed by atoms with van der Waals surface area (Å²) in [6, 6.07) is 30.6. The van der Waals surface area contributed by atoms with Crippen LogP contribution >= 0.6 is 7.92 Å². The van der Waals surface area contributed by atoms with E-state index in [4.69, 9.17) is 18.9 Å². The van der Waals surface area contributed by atoms with Crippen LogP contribution in [0.15, 0.2) is 84.9 Å². The van der Waals surface area contributed by atoms with Gasteiger partial charge in [-0.2, -0.15) is 0 Å². The summed E-state index contributed by atoms with van der Waals surface area (Å²) in [7, 11) is -0.603. The SMILES string of the molecule is c1ccc(P(c2ccccc2)c2ccc(N3CCOCCOCCOCCOCC3)cc2)cc1. The van der Waals surface area contributed by atoms with Crippen molar-refractivity contribution in [2.75, 3.05) is 70.8 Å². The Balaban J connectivity index is 1.48. The van der Waals surface area contributed by atoms with Crippen molar-refractivity contribution in [1.29, 1.82) is 0 Å². The lowest BCUT2D eigenvalue weighted by Crippen LogP contribution is -2.32. The third-order valence-electron chi connectivity index (χ3n) is 5.63. The Bertz CT molecular complexity index is 884.